The highest BCUT2D eigenvalue weighted by molar-refractivity contribution is 5.92. The molecule has 1 fully saturated rings. The SMILES string of the molecule is CCN(CC)C(=O)N1CCN(C(=O)c2cc(-c3ccc(C)cc3)no2)CC1. The van der Waals surface area contributed by atoms with Gasteiger partial charge in [-0.3, -0.25) is 4.79 Å². The van der Waals surface area contributed by atoms with Crippen LogP contribution in [0.5, 0.6) is 0 Å². The average molecular weight is 370 g/mol. The van der Waals surface area contributed by atoms with Gasteiger partial charge in [0.2, 0.25) is 5.76 Å². The van der Waals surface area contributed by atoms with Gasteiger partial charge >= 0.3 is 6.03 Å². The molecular weight excluding hydrogens is 344 g/mol. The van der Waals surface area contributed by atoms with Crippen molar-refractivity contribution in [2.75, 3.05) is 39.3 Å². The second kappa shape index (κ2) is 8.24. The van der Waals surface area contributed by atoms with Crippen molar-refractivity contribution in [1.82, 2.24) is 19.9 Å². The summed E-state index contributed by atoms with van der Waals surface area (Å²) in [5.41, 5.74) is 2.72. The van der Waals surface area contributed by atoms with Crippen molar-refractivity contribution in [2.45, 2.75) is 20.8 Å². The van der Waals surface area contributed by atoms with E-state index < -0.39 is 0 Å². The number of amides is 3. The molecule has 1 aromatic carbocycles. The zero-order valence-electron chi connectivity index (χ0n) is 16.1. The van der Waals surface area contributed by atoms with Gasteiger partial charge in [-0.2, -0.15) is 0 Å². The van der Waals surface area contributed by atoms with Gasteiger partial charge < -0.3 is 19.2 Å². The number of benzene rings is 1. The highest BCUT2D eigenvalue weighted by atomic mass is 16.5. The monoisotopic (exact) mass is 370 g/mol. The smallest absolute Gasteiger partial charge is 0.320 e. The Hall–Kier alpha value is -2.83. The molecule has 0 bridgehead atoms. The quantitative estimate of drug-likeness (QED) is 0.830. The zero-order chi connectivity index (χ0) is 19.4. The van der Waals surface area contributed by atoms with E-state index in [0.29, 0.717) is 45.0 Å². The molecule has 0 unspecified atom stereocenters. The van der Waals surface area contributed by atoms with E-state index in [4.69, 9.17) is 4.52 Å². The summed E-state index contributed by atoms with van der Waals surface area (Å²) in [6.45, 7) is 9.38. The van der Waals surface area contributed by atoms with E-state index in [2.05, 4.69) is 5.16 Å². The first-order valence-electron chi connectivity index (χ1n) is 9.40. The second-order valence-electron chi connectivity index (χ2n) is 6.68. The summed E-state index contributed by atoms with van der Waals surface area (Å²) in [7, 11) is 0. The molecule has 1 aliphatic rings. The Balaban J connectivity index is 1.61. The van der Waals surface area contributed by atoms with Crippen LogP contribution in [0, 0.1) is 6.92 Å². The van der Waals surface area contributed by atoms with Gasteiger partial charge in [0.15, 0.2) is 0 Å². The summed E-state index contributed by atoms with van der Waals surface area (Å²) in [5.74, 6) is 0.0462. The molecule has 1 aromatic heterocycles. The molecule has 3 amide bonds. The fraction of sp³-hybridized carbons (Fsp3) is 0.450. The fourth-order valence-electron chi connectivity index (χ4n) is 3.19. The number of aryl methyl sites for hydroxylation is 1. The summed E-state index contributed by atoms with van der Waals surface area (Å²) in [5, 5.41) is 4.03. The Morgan fingerprint density at radius 1 is 1.04 bits per heavy atom. The van der Waals surface area contributed by atoms with Gasteiger partial charge in [0.25, 0.3) is 5.91 Å². The standard InChI is InChI=1S/C20H26N4O3/c1-4-22(5-2)20(26)24-12-10-23(11-13-24)19(25)18-14-17(21-27-18)16-8-6-15(3)7-9-16/h6-9,14H,4-5,10-13H2,1-3H3. The first-order valence-corrected chi connectivity index (χ1v) is 9.40. The number of hydrogen-bond acceptors (Lipinski definition) is 4. The van der Waals surface area contributed by atoms with Crippen molar-refractivity contribution in [3.05, 3.63) is 41.7 Å². The topological polar surface area (TPSA) is 69.9 Å². The minimum Gasteiger partial charge on any atom is -0.350 e. The number of piperazine rings is 1. The van der Waals surface area contributed by atoms with E-state index in [1.165, 1.54) is 0 Å². The third kappa shape index (κ3) is 4.13. The van der Waals surface area contributed by atoms with Gasteiger partial charge in [-0.05, 0) is 20.8 Å². The molecule has 0 aliphatic carbocycles. The van der Waals surface area contributed by atoms with Crippen LogP contribution in [0.2, 0.25) is 0 Å². The lowest BCUT2D eigenvalue weighted by molar-refractivity contribution is 0.0603. The normalized spacial score (nSPS) is 14.3. The maximum atomic E-state index is 12.7. The first-order chi connectivity index (χ1) is 13.0. The minimum atomic E-state index is -0.184. The van der Waals surface area contributed by atoms with Gasteiger partial charge in [0, 0.05) is 50.9 Å². The molecule has 0 atom stereocenters. The molecule has 0 N–H and O–H groups in total. The first kappa shape index (κ1) is 18.9. The number of carbonyl (C=O) groups is 2. The van der Waals surface area contributed by atoms with E-state index in [1.807, 2.05) is 45.0 Å². The van der Waals surface area contributed by atoms with Crippen LogP contribution in [-0.2, 0) is 0 Å². The summed E-state index contributed by atoms with van der Waals surface area (Å²) >= 11 is 0. The van der Waals surface area contributed by atoms with Crippen LogP contribution in [-0.4, -0.2) is 71.1 Å². The van der Waals surface area contributed by atoms with Gasteiger partial charge in [-0.25, -0.2) is 4.79 Å². The van der Waals surface area contributed by atoms with E-state index >= 15 is 0 Å². The van der Waals surface area contributed by atoms with E-state index in [1.54, 1.807) is 20.8 Å². The third-order valence-corrected chi connectivity index (χ3v) is 4.94. The number of carbonyl (C=O) groups excluding carboxylic acids is 2. The van der Waals surface area contributed by atoms with Crippen molar-refractivity contribution < 1.29 is 14.1 Å². The number of aromatic nitrogens is 1. The van der Waals surface area contributed by atoms with Crippen molar-refractivity contribution in [3.63, 3.8) is 0 Å². The second-order valence-corrected chi connectivity index (χ2v) is 6.68. The number of urea groups is 1. The van der Waals surface area contributed by atoms with Crippen molar-refractivity contribution in [1.29, 1.82) is 0 Å². The number of rotatable bonds is 4. The molecule has 0 radical (unpaired) electrons. The molecule has 27 heavy (non-hydrogen) atoms. The largest absolute Gasteiger partial charge is 0.350 e. The lowest BCUT2D eigenvalue weighted by atomic mass is 10.1. The Labute approximate surface area is 159 Å². The van der Waals surface area contributed by atoms with Gasteiger partial charge in [-0.1, -0.05) is 35.0 Å². The van der Waals surface area contributed by atoms with Crippen LogP contribution in [0.25, 0.3) is 11.3 Å². The number of hydrogen-bond donors (Lipinski definition) is 0. The van der Waals surface area contributed by atoms with Crippen molar-refractivity contribution >= 4 is 11.9 Å². The molecular formula is C20H26N4O3. The van der Waals surface area contributed by atoms with Crippen LogP contribution < -0.4 is 0 Å². The van der Waals surface area contributed by atoms with E-state index in [-0.39, 0.29) is 17.7 Å². The maximum absolute atomic E-state index is 12.7. The predicted molar refractivity (Wildman–Crippen MR) is 102 cm³/mol. The summed E-state index contributed by atoms with van der Waals surface area (Å²) < 4.78 is 5.28. The fourth-order valence-corrected chi connectivity index (χ4v) is 3.19. The molecule has 0 spiro atoms. The molecule has 2 heterocycles. The molecule has 2 aromatic rings. The van der Waals surface area contributed by atoms with Crippen LogP contribution in [0.1, 0.15) is 30.0 Å². The summed E-state index contributed by atoms with van der Waals surface area (Å²) in [6, 6.07) is 9.63. The average Bonchev–Trinajstić information content (AvgIpc) is 3.19. The maximum Gasteiger partial charge on any atom is 0.320 e. The minimum absolute atomic E-state index is 0.0356. The van der Waals surface area contributed by atoms with Crippen LogP contribution in [0.4, 0.5) is 4.79 Å². The molecule has 7 heteroatoms. The molecule has 3 rings (SSSR count). The van der Waals surface area contributed by atoms with Gasteiger partial charge in [-0.15, -0.1) is 0 Å². The van der Waals surface area contributed by atoms with E-state index in [0.717, 1.165) is 11.1 Å². The summed E-state index contributed by atoms with van der Waals surface area (Å²) in [6.07, 6.45) is 0. The van der Waals surface area contributed by atoms with E-state index in [9.17, 15) is 9.59 Å². The van der Waals surface area contributed by atoms with Gasteiger partial charge in [0.05, 0.1) is 0 Å². The Kier molecular flexibility index (Phi) is 5.78. The Morgan fingerprint density at radius 3 is 2.22 bits per heavy atom. The molecule has 0 saturated carbocycles. The Morgan fingerprint density at radius 2 is 1.63 bits per heavy atom. The lowest BCUT2D eigenvalue weighted by Gasteiger charge is -2.36. The molecule has 1 aliphatic heterocycles. The van der Waals surface area contributed by atoms with Crippen LogP contribution in [0.15, 0.2) is 34.9 Å². The third-order valence-electron chi connectivity index (χ3n) is 4.94. The highest BCUT2D eigenvalue weighted by Crippen LogP contribution is 2.21. The summed E-state index contributed by atoms with van der Waals surface area (Å²) in [4.78, 5) is 30.4. The number of nitrogens with zero attached hydrogens (tertiary/aromatic N) is 4. The Bertz CT molecular complexity index is 788. The lowest BCUT2D eigenvalue weighted by Crippen LogP contribution is -2.54. The molecule has 7 nitrogen and oxygen atoms in total. The van der Waals surface area contributed by atoms with Gasteiger partial charge in [0.1, 0.15) is 5.69 Å². The van der Waals surface area contributed by atoms with Crippen LogP contribution in [0.3, 0.4) is 0 Å². The highest BCUT2D eigenvalue weighted by Gasteiger charge is 2.28. The molecule has 1 saturated heterocycles. The van der Waals surface area contributed by atoms with Crippen molar-refractivity contribution in [2.24, 2.45) is 0 Å². The van der Waals surface area contributed by atoms with Crippen LogP contribution >= 0.6 is 0 Å². The zero-order valence-corrected chi connectivity index (χ0v) is 16.1. The predicted octanol–water partition coefficient (Wildman–Crippen LogP) is 2.87. The molecule has 144 valence electrons. The van der Waals surface area contributed by atoms with Crippen molar-refractivity contribution in [3.8, 4) is 11.3 Å².